The van der Waals surface area contributed by atoms with Crippen LogP contribution in [0.5, 0.6) is 0 Å². The number of anilines is 1. The van der Waals surface area contributed by atoms with Crippen molar-refractivity contribution in [3.8, 4) is 0 Å². The molecule has 0 fully saturated rings. The standard InChI is InChI=1S/C12H11ClN2O3/c13-12(10(14)16,11(17)18)8-5-6-15-9-4-2-1-3-7(8)9/h1-5,15H,6H2,(H2,14,16)(H,17,18). The molecular formula is C12H11ClN2O3. The average Bonchev–Trinajstić information content (AvgIpc) is 2.36. The van der Waals surface area contributed by atoms with Gasteiger partial charge < -0.3 is 16.2 Å². The molecule has 0 saturated carbocycles. The number of carboxylic acid groups (broad SMARTS) is 1. The van der Waals surface area contributed by atoms with Crippen LogP contribution in [0.4, 0.5) is 5.69 Å². The van der Waals surface area contributed by atoms with E-state index in [9.17, 15) is 14.7 Å². The van der Waals surface area contributed by atoms with Gasteiger partial charge in [0.05, 0.1) is 0 Å². The highest BCUT2D eigenvalue weighted by Gasteiger charge is 2.48. The molecule has 6 heteroatoms. The Morgan fingerprint density at radius 3 is 2.67 bits per heavy atom. The number of carbonyl (C=O) groups excluding carboxylic acids is 1. The number of nitrogens with one attached hydrogen (secondary N) is 1. The number of aliphatic carboxylic acids is 1. The fourth-order valence-corrected chi connectivity index (χ4v) is 2.10. The molecule has 1 aliphatic rings. The van der Waals surface area contributed by atoms with Gasteiger partial charge in [0.2, 0.25) is 4.87 Å². The smallest absolute Gasteiger partial charge is 0.339 e. The van der Waals surface area contributed by atoms with Crippen molar-refractivity contribution in [3.05, 3.63) is 35.9 Å². The van der Waals surface area contributed by atoms with Gasteiger partial charge in [0.15, 0.2) is 0 Å². The first-order valence-electron chi connectivity index (χ1n) is 5.24. The number of primary amides is 1. The maximum absolute atomic E-state index is 11.4. The zero-order chi connectivity index (χ0) is 13.3. The highest BCUT2D eigenvalue weighted by Crippen LogP contribution is 2.38. The summed E-state index contributed by atoms with van der Waals surface area (Å²) >= 11 is 5.95. The lowest BCUT2D eigenvalue weighted by atomic mass is 9.88. The minimum atomic E-state index is -2.24. The van der Waals surface area contributed by atoms with Gasteiger partial charge >= 0.3 is 5.97 Å². The fourth-order valence-electron chi connectivity index (χ4n) is 1.92. The van der Waals surface area contributed by atoms with E-state index >= 15 is 0 Å². The van der Waals surface area contributed by atoms with Crippen LogP contribution in [0.1, 0.15) is 5.56 Å². The summed E-state index contributed by atoms with van der Waals surface area (Å²) in [5, 5.41) is 12.2. The Morgan fingerprint density at radius 2 is 2.06 bits per heavy atom. The summed E-state index contributed by atoms with van der Waals surface area (Å²) in [5.74, 6) is -2.57. The van der Waals surface area contributed by atoms with Crippen LogP contribution in [0, 0.1) is 0 Å². The molecule has 0 spiro atoms. The number of benzene rings is 1. The molecule has 1 unspecified atom stereocenters. The Labute approximate surface area is 108 Å². The zero-order valence-corrected chi connectivity index (χ0v) is 10.1. The van der Waals surface area contributed by atoms with Gasteiger partial charge in [-0.3, -0.25) is 4.79 Å². The van der Waals surface area contributed by atoms with Crippen molar-refractivity contribution in [2.24, 2.45) is 5.73 Å². The number of hydrogen-bond acceptors (Lipinski definition) is 3. The number of amides is 1. The quantitative estimate of drug-likeness (QED) is 0.563. The second-order valence-electron chi connectivity index (χ2n) is 3.87. The van der Waals surface area contributed by atoms with Crippen molar-refractivity contribution in [2.45, 2.75) is 4.87 Å². The van der Waals surface area contributed by atoms with Crippen LogP contribution in [-0.4, -0.2) is 28.4 Å². The fraction of sp³-hybridized carbons (Fsp3) is 0.167. The second kappa shape index (κ2) is 4.34. The highest BCUT2D eigenvalue weighted by molar-refractivity contribution is 6.52. The van der Waals surface area contributed by atoms with Gasteiger partial charge in [0, 0.05) is 23.4 Å². The first-order valence-corrected chi connectivity index (χ1v) is 5.62. The molecule has 1 aliphatic heterocycles. The number of hydrogen-bond donors (Lipinski definition) is 3. The minimum Gasteiger partial charge on any atom is -0.479 e. The van der Waals surface area contributed by atoms with E-state index in [0.29, 0.717) is 12.1 Å². The second-order valence-corrected chi connectivity index (χ2v) is 4.44. The van der Waals surface area contributed by atoms with Crippen LogP contribution in [0.15, 0.2) is 30.3 Å². The maximum Gasteiger partial charge on any atom is 0.339 e. The molecule has 0 radical (unpaired) electrons. The van der Waals surface area contributed by atoms with E-state index in [1.54, 1.807) is 30.3 Å². The number of fused-ring (bicyclic) bond motifs is 1. The number of carbonyl (C=O) groups is 2. The van der Waals surface area contributed by atoms with E-state index in [4.69, 9.17) is 17.3 Å². The van der Waals surface area contributed by atoms with Crippen LogP contribution in [0.25, 0.3) is 5.57 Å². The lowest BCUT2D eigenvalue weighted by molar-refractivity contribution is -0.141. The number of para-hydroxylation sites is 1. The molecule has 1 atom stereocenters. The first-order chi connectivity index (χ1) is 8.48. The van der Waals surface area contributed by atoms with E-state index in [-0.39, 0.29) is 5.57 Å². The van der Waals surface area contributed by atoms with Gasteiger partial charge in [-0.2, -0.15) is 0 Å². The van der Waals surface area contributed by atoms with Crippen molar-refractivity contribution < 1.29 is 14.7 Å². The Kier molecular flexibility index (Phi) is 3.00. The van der Waals surface area contributed by atoms with E-state index in [1.807, 2.05) is 0 Å². The molecule has 94 valence electrons. The van der Waals surface area contributed by atoms with E-state index in [0.717, 1.165) is 5.69 Å². The third kappa shape index (κ3) is 1.73. The predicted octanol–water partition coefficient (Wildman–Crippen LogP) is 1.04. The Balaban J connectivity index is 2.60. The van der Waals surface area contributed by atoms with Crippen molar-refractivity contribution in [2.75, 3.05) is 11.9 Å². The Morgan fingerprint density at radius 1 is 1.39 bits per heavy atom. The van der Waals surface area contributed by atoms with Gasteiger partial charge in [-0.05, 0) is 6.07 Å². The van der Waals surface area contributed by atoms with Gasteiger partial charge in [0.25, 0.3) is 5.91 Å². The van der Waals surface area contributed by atoms with E-state index < -0.39 is 16.8 Å². The largest absolute Gasteiger partial charge is 0.479 e. The molecule has 1 amide bonds. The lowest BCUT2D eigenvalue weighted by Gasteiger charge is -2.27. The Hall–Kier alpha value is -2.01. The van der Waals surface area contributed by atoms with Gasteiger partial charge in [0.1, 0.15) is 0 Å². The molecule has 0 bridgehead atoms. The lowest BCUT2D eigenvalue weighted by Crippen LogP contribution is -2.47. The first kappa shape index (κ1) is 12.4. The molecular weight excluding hydrogens is 256 g/mol. The normalized spacial score (nSPS) is 16.8. The predicted molar refractivity (Wildman–Crippen MR) is 68.3 cm³/mol. The molecule has 1 heterocycles. The van der Waals surface area contributed by atoms with Crippen LogP contribution < -0.4 is 11.1 Å². The number of halogens is 1. The summed E-state index contributed by atoms with van der Waals surface area (Å²) in [6.07, 6.45) is 1.56. The van der Waals surface area contributed by atoms with Gasteiger partial charge in [-0.15, -0.1) is 0 Å². The summed E-state index contributed by atoms with van der Waals surface area (Å²) in [6.45, 7) is 0.390. The summed E-state index contributed by atoms with van der Waals surface area (Å²) in [7, 11) is 0. The van der Waals surface area contributed by atoms with Crippen molar-refractivity contribution in [1.29, 1.82) is 0 Å². The highest BCUT2D eigenvalue weighted by atomic mass is 35.5. The summed E-state index contributed by atoms with van der Waals surface area (Å²) in [5.41, 5.74) is 6.65. The summed E-state index contributed by atoms with van der Waals surface area (Å²) < 4.78 is 0. The van der Waals surface area contributed by atoms with E-state index in [1.165, 1.54) is 0 Å². The molecule has 0 saturated heterocycles. The molecule has 0 aliphatic carbocycles. The van der Waals surface area contributed by atoms with Crippen LogP contribution in [0.2, 0.25) is 0 Å². The summed E-state index contributed by atoms with van der Waals surface area (Å²) in [6, 6.07) is 7.01. The molecule has 1 aromatic rings. The van der Waals surface area contributed by atoms with Crippen LogP contribution in [-0.2, 0) is 9.59 Å². The molecule has 4 N–H and O–H groups in total. The van der Waals surface area contributed by atoms with Gasteiger partial charge in [-0.25, -0.2) is 4.79 Å². The third-order valence-electron chi connectivity index (χ3n) is 2.82. The van der Waals surface area contributed by atoms with Crippen LogP contribution >= 0.6 is 11.6 Å². The Bertz CT molecular complexity index is 540. The molecule has 5 nitrogen and oxygen atoms in total. The van der Waals surface area contributed by atoms with Crippen molar-refractivity contribution in [3.63, 3.8) is 0 Å². The van der Waals surface area contributed by atoms with Crippen molar-refractivity contribution >= 4 is 34.7 Å². The van der Waals surface area contributed by atoms with E-state index in [2.05, 4.69) is 5.32 Å². The SMILES string of the molecule is NC(=O)C(Cl)(C(=O)O)C1=CCNc2ccccc21. The minimum absolute atomic E-state index is 0.207. The monoisotopic (exact) mass is 266 g/mol. The molecule has 0 aromatic heterocycles. The molecule has 2 rings (SSSR count). The summed E-state index contributed by atoms with van der Waals surface area (Å²) in [4.78, 5) is 20.5. The van der Waals surface area contributed by atoms with Crippen molar-refractivity contribution in [1.82, 2.24) is 0 Å². The average molecular weight is 267 g/mol. The maximum atomic E-state index is 11.4. The van der Waals surface area contributed by atoms with Crippen LogP contribution in [0.3, 0.4) is 0 Å². The number of nitrogens with two attached hydrogens (primary N) is 1. The molecule has 18 heavy (non-hydrogen) atoms. The third-order valence-corrected chi connectivity index (χ3v) is 3.37. The number of carboxylic acids is 1. The zero-order valence-electron chi connectivity index (χ0n) is 9.31. The topological polar surface area (TPSA) is 92.4 Å². The number of alkyl halides is 1. The van der Waals surface area contributed by atoms with Gasteiger partial charge in [-0.1, -0.05) is 35.9 Å². The molecule has 1 aromatic carbocycles. The number of rotatable bonds is 3.